The summed E-state index contributed by atoms with van der Waals surface area (Å²) in [5, 5.41) is 4.71. The molecule has 122 valence electrons. The molecule has 0 bridgehead atoms. The Morgan fingerprint density at radius 2 is 1.88 bits per heavy atom. The molecule has 0 unspecified atom stereocenters. The van der Waals surface area contributed by atoms with Gasteiger partial charge in [-0.1, -0.05) is 30.0 Å². The van der Waals surface area contributed by atoms with E-state index in [1.807, 2.05) is 60.8 Å². The number of hydrogen-bond acceptors (Lipinski definition) is 3. The predicted molar refractivity (Wildman–Crippen MR) is 101 cm³/mol. The molecule has 0 aliphatic carbocycles. The first-order valence-electron chi connectivity index (χ1n) is 7.86. The number of carbonyl (C=O) groups is 1. The maximum Gasteiger partial charge on any atom is 0.258 e. The molecule has 4 rings (SSSR count). The number of fused-ring (bicyclic) bond motifs is 1. The topological polar surface area (TPSA) is 57.8 Å². The molecule has 4 nitrogen and oxygen atoms in total. The summed E-state index contributed by atoms with van der Waals surface area (Å²) in [7, 11) is 0. The van der Waals surface area contributed by atoms with Crippen molar-refractivity contribution < 1.29 is 4.79 Å². The number of anilines is 1. The van der Waals surface area contributed by atoms with E-state index in [9.17, 15) is 4.79 Å². The zero-order valence-corrected chi connectivity index (χ0v) is 14.1. The van der Waals surface area contributed by atoms with Crippen LogP contribution in [-0.2, 0) is 0 Å². The second-order valence-corrected chi connectivity index (χ2v) is 6.57. The van der Waals surface area contributed by atoms with Gasteiger partial charge in [0.05, 0.1) is 5.56 Å². The molecule has 0 aliphatic rings. The van der Waals surface area contributed by atoms with Gasteiger partial charge in [0.2, 0.25) is 0 Å². The van der Waals surface area contributed by atoms with Gasteiger partial charge in [0.25, 0.3) is 5.91 Å². The first kappa shape index (κ1) is 15.5. The number of carbonyl (C=O) groups excluding carboxylic acids is 1. The Hall–Kier alpha value is -3.05. The Morgan fingerprint density at radius 1 is 1.00 bits per heavy atom. The molecule has 1 amide bonds. The van der Waals surface area contributed by atoms with E-state index in [4.69, 9.17) is 0 Å². The van der Waals surface area contributed by atoms with Crippen molar-refractivity contribution in [3.8, 4) is 0 Å². The van der Waals surface area contributed by atoms with Crippen molar-refractivity contribution >= 4 is 34.3 Å². The zero-order valence-electron chi connectivity index (χ0n) is 13.3. The summed E-state index contributed by atoms with van der Waals surface area (Å²) in [4.78, 5) is 21.3. The zero-order chi connectivity index (χ0) is 17.1. The Morgan fingerprint density at radius 3 is 2.76 bits per heavy atom. The summed E-state index contributed by atoms with van der Waals surface area (Å²) >= 11 is 1.48. The Bertz CT molecular complexity index is 1030. The van der Waals surface area contributed by atoms with Crippen LogP contribution in [0.15, 0.2) is 89.0 Å². The van der Waals surface area contributed by atoms with Crippen LogP contribution in [0.3, 0.4) is 0 Å². The normalized spacial score (nSPS) is 10.7. The number of rotatable bonds is 4. The summed E-state index contributed by atoms with van der Waals surface area (Å²) in [5.41, 5.74) is 2.36. The van der Waals surface area contributed by atoms with Crippen molar-refractivity contribution in [2.75, 3.05) is 5.32 Å². The number of aromatic nitrogens is 2. The molecule has 0 fully saturated rings. The molecule has 2 aromatic carbocycles. The van der Waals surface area contributed by atoms with Crippen LogP contribution < -0.4 is 5.32 Å². The molecule has 2 heterocycles. The van der Waals surface area contributed by atoms with Crippen LogP contribution >= 0.6 is 11.8 Å². The van der Waals surface area contributed by atoms with E-state index < -0.39 is 0 Å². The minimum Gasteiger partial charge on any atom is -0.361 e. The first-order chi connectivity index (χ1) is 12.3. The van der Waals surface area contributed by atoms with E-state index >= 15 is 0 Å². The maximum atomic E-state index is 12.7. The number of nitrogens with one attached hydrogen (secondary N) is 2. The highest BCUT2D eigenvalue weighted by Crippen LogP contribution is 2.29. The lowest BCUT2D eigenvalue weighted by Crippen LogP contribution is -2.13. The average Bonchev–Trinajstić information content (AvgIpc) is 3.11. The molecule has 2 N–H and O–H groups in total. The number of aromatic amines is 1. The van der Waals surface area contributed by atoms with E-state index in [1.165, 1.54) is 11.8 Å². The van der Waals surface area contributed by atoms with Gasteiger partial charge < -0.3 is 10.3 Å². The maximum absolute atomic E-state index is 12.7. The van der Waals surface area contributed by atoms with Gasteiger partial charge >= 0.3 is 0 Å². The van der Waals surface area contributed by atoms with E-state index in [1.54, 1.807) is 18.3 Å². The SMILES string of the molecule is O=C(Nc1ccc2[nH]ccc2c1)c1cccnc1Sc1ccccc1. The Labute approximate surface area is 149 Å². The Kier molecular flexibility index (Phi) is 4.23. The third-order valence-corrected chi connectivity index (χ3v) is 4.81. The van der Waals surface area contributed by atoms with Crippen LogP contribution in [0.2, 0.25) is 0 Å². The second kappa shape index (κ2) is 6.83. The van der Waals surface area contributed by atoms with Gasteiger partial charge in [-0.2, -0.15) is 0 Å². The highest BCUT2D eigenvalue weighted by atomic mass is 32.2. The van der Waals surface area contributed by atoms with Crippen LogP contribution in [-0.4, -0.2) is 15.9 Å². The quantitative estimate of drug-likeness (QED) is 0.549. The molecule has 0 spiro atoms. The summed E-state index contributed by atoms with van der Waals surface area (Å²) in [5.74, 6) is -0.165. The molecule has 0 saturated heterocycles. The van der Waals surface area contributed by atoms with Gasteiger partial charge in [-0.15, -0.1) is 0 Å². The molecule has 0 radical (unpaired) electrons. The van der Waals surface area contributed by atoms with Crippen molar-refractivity contribution in [2.24, 2.45) is 0 Å². The highest BCUT2D eigenvalue weighted by Gasteiger charge is 2.14. The number of amides is 1. The number of H-pyrrole nitrogens is 1. The molecule has 4 aromatic rings. The largest absolute Gasteiger partial charge is 0.361 e. The van der Waals surface area contributed by atoms with Gasteiger partial charge in [-0.25, -0.2) is 4.98 Å². The lowest BCUT2D eigenvalue weighted by atomic mass is 10.2. The van der Waals surface area contributed by atoms with Gasteiger partial charge in [0.1, 0.15) is 5.03 Å². The van der Waals surface area contributed by atoms with Crippen molar-refractivity contribution in [3.05, 3.63) is 84.7 Å². The van der Waals surface area contributed by atoms with E-state index in [2.05, 4.69) is 15.3 Å². The van der Waals surface area contributed by atoms with E-state index in [-0.39, 0.29) is 5.91 Å². The Balaban J connectivity index is 1.59. The van der Waals surface area contributed by atoms with Crippen molar-refractivity contribution in [3.63, 3.8) is 0 Å². The third-order valence-electron chi connectivity index (χ3n) is 3.78. The van der Waals surface area contributed by atoms with Crippen LogP contribution in [0.25, 0.3) is 10.9 Å². The van der Waals surface area contributed by atoms with E-state index in [0.717, 1.165) is 21.5 Å². The third kappa shape index (κ3) is 3.41. The summed E-state index contributed by atoms with van der Waals surface area (Å²) in [6.07, 6.45) is 3.58. The minimum atomic E-state index is -0.165. The van der Waals surface area contributed by atoms with Crippen molar-refractivity contribution in [2.45, 2.75) is 9.92 Å². The molecule has 0 saturated carbocycles. The summed E-state index contributed by atoms with van der Waals surface area (Å²) in [6.45, 7) is 0. The van der Waals surface area contributed by atoms with Gasteiger partial charge in [0.15, 0.2) is 0 Å². The molecule has 0 atom stereocenters. The second-order valence-electron chi connectivity index (χ2n) is 5.51. The van der Waals surface area contributed by atoms with Crippen LogP contribution in [0, 0.1) is 0 Å². The minimum absolute atomic E-state index is 0.165. The van der Waals surface area contributed by atoms with Gasteiger partial charge in [-0.3, -0.25) is 4.79 Å². The molecule has 5 heteroatoms. The fourth-order valence-corrected chi connectivity index (χ4v) is 3.48. The monoisotopic (exact) mass is 345 g/mol. The lowest BCUT2D eigenvalue weighted by molar-refractivity contribution is 0.102. The molecular weight excluding hydrogens is 330 g/mol. The predicted octanol–water partition coefficient (Wildman–Crippen LogP) is 4.97. The average molecular weight is 345 g/mol. The van der Waals surface area contributed by atoms with E-state index in [0.29, 0.717) is 10.6 Å². The highest BCUT2D eigenvalue weighted by molar-refractivity contribution is 7.99. The van der Waals surface area contributed by atoms with Crippen LogP contribution in [0.1, 0.15) is 10.4 Å². The van der Waals surface area contributed by atoms with Crippen LogP contribution in [0.4, 0.5) is 5.69 Å². The fourth-order valence-electron chi connectivity index (χ4n) is 2.57. The molecule has 2 aromatic heterocycles. The van der Waals surface area contributed by atoms with Gasteiger partial charge in [-0.05, 0) is 48.5 Å². The summed E-state index contributed by atoms with van der Waals surface area (Å²) in [6, 6.07) is 21.2. The standard InChI is InChI=1S/C20H15N3OS/c24-19(23-15-8-9-18-14(13-15)10-12-21-18)17-7-4-11-22-20(17)25-16-5-2-1-3-6-16/h1-13,21H,(H,23,24). The molecule has 25 heavy (non-hydrogen) atoms. The number of pyridine rings is 1. The fraction of sp³-hybridized carbons (Fsp3) is 0. The molecule has 0 aliphatic heterocycles. The number of benzene rings is 2. The molecular formula is C20H15N3OS. The van der Waals surface area contributed by atoms with Crippen LogP contribution in [0.5, 0.6) is 0 Å². The number of hydrogen-bond donors (Lipinski definition) is 2. The summed E-state index contributed by atoms with van der Waals surface area (Å²) < 4.78 is 0. The van der Waals surface area contributed by atoms with Crippen molar-refractivity contribution in [1.82, 2.24) is 9.97 Å². The first-order valence-corrected chi connectivity index (χ1v) is 8.68. The number of nitrogens with zero attached hydrogens (tertiary/aromatic N) is 1. The smallest absolute Gasteiger partial charge is 0.258 e. The lowest BCUT2D eigenvalue weighted by Gasteiger charge is -2.09. The van der Waals surface area contributed by atoms with Crippen molar-refractivity contribution in [1.29, 1.82) is 0 Å². The van der Waals surface area contributed by atoms with Gasteiger partial charge in [0, 0.05) is 33.9 Å².